The normalized spacial score (nSPS) is 21.8. The van der Waals surface area contributed by atoms with Gasteiger partial charge in [-0.3, -0.25) is 4.79 Å². The summed E-state index contributed by atoms with van der Waals surface area (Å²) in [5, 5.41) is 8.74. The molecule has 0 amide bonds. The highest BCUT2D eigenvalue weighted by molar-refractivity contribution is 8.00. The highest BCUT2D eigenvalue weighted by Gasteiger charge is 2.25. The molecule has 1 N–H and O–H groups in total. The van der Waals surface area contributed by atoms with E-state index in [1.807, 2.05) is 0 Å². The van der Waals surface area contributed by atoms with Gasteiger partial charge in [0.2, 0.25) is 0 Å². The molecule has 1 unspecified atom stereocenters. The molecule has 0 aromatic carbocycles. The second-order valence-corrected chi connectivity index (χ2v) is 4.21. The molecule has 0 bridgehead atoms. The molecule has 74 valence electrons. The molecule has 1 aliphatic rings. The summed E-state index contributed by atoms with van der Waals surface area (Å²) in [7, 11) is 0. The van der Waals surface area contributed by atoms with Gasteiger partial charge in [0.15, 0.2) is 5.78 Å². The van der Waals surface area contributed by atoms with E-state index in [9.17, 15) is 4.79 Å². The van der Waals surface area contributed by atoms with Gasteiger partial charge in [-0.1, -0.05) is 6.92 Å². The number of allylic oxidation sites excluding steroid dienone is 1. The Kier molecular flexibility index (Phi) is 4.32. The quantitative estimate of drug-likeness (QED) is 0.721. The minimum Gasteiger partial charge on any atom is -0.494 e. The van der Waals surface area contributed by atoms with Crippen molar-refractivity contribution in [3.63, 3.8) is 0 Å². The van der Waals surface area contributed by atoms with Crippen molar-refractivity contribution < 1.29 is 14.6 Å². The first-order valence-electron chi connectivity index (χ1n) is 4.37. The van der Waals surface area contributed by atoms with Crippen LogP contribution in [-0.2, 0) is 9.53 Å². The molecule has 13 heavy (non-hydrogen) atoms. The second kappa shape index (κ2) is 5.29. The Labute approximate surface area is 82.2 Å². The summed E-state index contributed by atoms with van der Waals surface area (Å²) in [6.45, 7) is 2.33. The molecule has 0 aromatic heterocycles. The summed E-state index contributed by atoms with van der Waals surface area (Å²) < 4.78 is 5.26. The van der Waals surface area contributed by atoms with Crippen molar-refractivity contribution in [1.29, 1.82) is 0 Å². The van der Waals surface area contributed by atoms with E-state index < -0.39 is 0 Å². The van der Waals surface area contributed by atoms with Gasteiger partial charge in [0.05, 0.1) is 11.9 Å². The number of hydrogen-bond acceptors (Lipinski definition) is 4. The van der Waals surface area contributed by atoms with Gasteiger partial charge in [0.25, 0.3) is 0 Å². The molecule has 0 saturated heterocycles. The van der Waals surface area contributed by atoms with Gasteiger partial charge < -0.3 is 9.84 Å². The number of ketones is 1. The number of aliphatic hydroxyl groups excluding tert-OH is 1. The summed E-state index contributed by atoms with van der Waals surface area (Å²) in [6.07, 6.45) is 2.09. The van der Waals surface area contributed by atoms with Gasteiger partial charge in [-0.05, 0) is 5.75 Å². The molecule has 1 rings (SSSR count). The van der Waals surface area contributed by atoms with Crippen molar-refractivity contribution in [3.05, 3.63) is 11.8 Å². The molecule has 0 aliphatic heterocycles. The van der Waals surface area contributed by atoms with Gasteiger partial charge >= 0.3 is 0 Å². The van der Waals surface area contributed by atoms with Crippen LogP contribution in [0.15, 0.2) is 11.8 Å². The number of thioether (sulfide) groups is 1. The van der Waals surface area contributed by atoms with Crippen LogP contribution in [-0.4, -0.2) is 35.1 Å². The summed E-state index contributed by atoms with van der Waals surface area (Å²) in [6, 6.07) is 0. The average molecular weight is 202 g/mol. The van der Waals surface area contributed by atoms with E-state index in [1.54, 1.807) is 17.8 Å². The number of ether oxygens (including phenoxy) is 1. The van der Waals surface area contributed by atoms with Crippen LogP contribution in [0.4, 0.5) is 0 Å². The summed E-state index contributed by atoms with van der Waals surface area (Å²) >= 11 is 1.71. The van der Waals surface area contributed by atoms with Gasteiger partial charge in [-0.2, -0.15) is 11.8 Å². The molecule has 0 spiro atoms. The lowest BCUT2D eigenvalue weighted by Gasteiger charge is -2.13. The largest absolute Gasteiger partial charge is 0.494 e. The molecule has 0 aromatic rings. The third kappa shape index (κ3) is 3.04. The lowest BCUT2D eigenvalue weighted by Crippen LogP contribution is -2.08. The highest BCUT2D eigenvalue weighted by Crippen LogP contribution is 2.28. The number of rotatable bonds is 5. The molecular formula is C9H14O3S. The highest BCUT2D eigenvalue weighted by atomic mass is 32.2. The zero-order valence-corrected chi connectivity index (χ0v) is 8.47. The molecule has 0 fully saturated rings. The predicted molar refractivity (Wildman–Crippen MR) is 52.7 cm³/mol. The van der Waals surface area contributed by atoms with Crippen LogP contribution in [0.25, 0.3) is 0 Å². The fourth-order valence-electron chi connectivity index (χ4n) is 1.23. The van der Waals surface area contributed by atoms with E-state index >= 15 is 0 Å². The topological polar surface area (TPSA) is 46.5 Å². The monoisotopic (exact) mass is 202 g/mol. The van der Waals surface area contributed by atoms with Crippen molar-refractivity contribution in [2.75, 3.05) is 19.0 Å². The third-order valence-electron chi connectivity index (χ3n) is 1.74. The van der Waals surface area contributed by atoms with Crippen LogP contribution in [0.1, 0.15) is 13.3 Å². The fraction of sp³-hybridized carbons (Fsp3) is 0.667. The Morgan fingerprint density at radius 1 is 1.77 bits per heavy atom. The molecule has 0 saturated carbocycles. The van der Waals surface area contributed by atoms with Crippen LogP contribution in [0, 0.1) is 0 Å². The fourth-order valence-corrected chi connectivity index (χ4v) is 2.22. The molecule has 1 atom stereocenters. The van der Waals surface area contributed by atoms with Gasteiger partial charge in [0.1, 0.15) is 12.4 Å². The van der Waals surface area contributed by atoms with Gasteiger partial charge in [-0.25, -0.2) is 0 Å². The Bertz CT molecular complexity index is 213. The number of aliphatic hydroxyl groups is 1. The van der Waals surface area contributed by atoms with E-state index in [-0.39, 0.29) is 24.2 Å². The maximum absolute atomic E-state index is 11.1. The minimum absolute atomic E-state index is 0.00492. The smallest absolute Gasteiger partial charge is 0.160 e. The van der Waals surface area contributed by atoms with E-state index in [1.165, 1.54) is 0 Å². The van der Waals surface area contributed by atoms with Crippen molar-refractivity contribution in [2.45, 2.75) is 18.6 Å². The van der Waals surface area contributed by atoms with Crippen molar-refractivity contribution in [3.8, 4) is 0 Å². The van der Waals surface area contributed by atoms with E-state index in [2.05, 4.69) is 6.92 Å². The Hall–Kier alpha value is -0.480. The summed E-state index contributed by atoms with van der Waals surface area (Å²) in [5.41, 5.74) is 0. The Morgan fingerprint density at radius 3 is 3.15 bits per heavy atom. The molecular weight excluding hydrogens is 188 g/mol. The SMILES string of the molecule is CCSC1CC(=O)C=C1OCCO. The third-order valence-corrected chi connectivity index (χ3v) is 2.87. The Balaban J connectivity index is 2.46. The molecule has 4 heteroatoms. The van der Waals surface area contributed by atoms with Crippen molar-refractivity contribution >= 4 is 17.5 Å². The number of hydrogen-bond donors (Lipinski definition) is 1. The van der Waals surface area contributed by atoms with Crippen molar-refractivity contribution in [2.24, 2.45) is 0 Å². The minimum atomic E-state index is -0.00492. The first-order chi connectivity index (χ1) is 6.27. The lowest BCUT2D eigenvalue weighted by atomic mass is 10.3. The molecule has 3 nitrogen and oxygen atoms in total. The molecule has 0 radical (unpaired) electrons. The van der Waals surface area contributed by atoms with Crippen molar-refractivity contribution in [1.82, 2.24) is 0 Å². The zero-order valence-electron chi connectivity index (χ0n) is 7.66. The van der Waals surface area contributed by atoms with E-state index in [0.29, 0.717) is 6.42 Å². The van der Waals surface area contributed by atoms with Crippen LogP contribution in [0.3, 0.4) is 0 Å². The van der Waals surface area contributed by atoms with Crippen LogP contribution in [0.5, 0.6) is 0 Å². The standard InChI is InChI=1S/C9H14O3S/c1-2-13-9-6-7(11)5-8(9)12-4-3-10/h5,9-10H,2-4,6H2,1H3. The molecule has 1 aliphatic carbocycles. The van der Waals surface area contributed by atoms with Crippen LogP contribution in [0.2, 0.25) is 0 Å². The number of carbonyl (C=O) groups is 1. The first-order valence-corrected chi connectivity index (χ1v) is 5.42. The molecule has 0 heterocycles. The predicted octanol–water partition coefficient (Wildman–Crippen LogP) is 0.974. The second-order valence-electron chi connectivity index (χ2n) is 2.73. The maximum atomic E-state index is 11.1. The van der Waals surface area contributed by atoms with Crippen LogP contribution < -0.4 is 0 Å². The Morgan fingerprint density at radius 2 is 2.54 bits per heavy atom. The maximum Gasteiger partial charge on any atom is 0.160 e. The van der Waals surface area contributed by atoms with Gasteiger partial charge in [0, 0.05) is 12.5 Å². The van der Waals surface area contributed by atoms with E-state index in [4.69, 9.17) is 9.84 Å². The van der Waals surface area contributed by atoms with E-state index in [0.717, 1.165) is 11.5 Å². The number of carbonyl (C=O) groups excluding carboxylic acids is 1. The van der Waals surface area contributed by atoms with Gasteiger partial charge in [-0.15, -0.1) is 0 Å². The summed E-state index contributed by atoms with van der Waals surface area (Å²) in [4.78, 5) is 11.1. The zero-order chi connectivity index (χ0) is 9.68. The first kappa shape index (κ1) is 10.6. The van der Waals surface area contributed by atoms with Crippen LogP contribution >= 0.6 is 11.8 Å². The average Bonchev–Trinajstić information content (AvgIpc) is 2.44. The lowest BCUT2D eigenvalue weighted by molar-refractivity contribution is -0.113. The summed E-state index contributed by atoms with van der Waals surface area (Å²) in [5.74, 6) is 1.82.